The largest absolute Gasteiger partial charge is 0.478 e. The van der Waals surface area contributed by atoms with Crippen molar-refractivity contribution < 1.29 is 18.3 Å². The molecule has 6 heteroatoms. The summed E-state index contributed by atoms with van der Waals surface area (Å²) < 4.78 is 28.4. The number of nitrogens with one attached hydrogen (secondary N) is 1. The van der Waals surface area contributed by atoms with Crippen LogP contribution in [0.2, 0.25) is 0 Å². The van der Waals surface area contributed by atoms with Gasteiger partial charge in [0.05, 0.1) is 16.1 Å². The van der Waals surface area contributed by atoms with Gasteiger partial charge in [-0.3, -0.25) is 4.72 Å². The lowest BCUT2D eigenvalue weighted by Gasteiger charge is -2.13. The molecule has 0 aliphatic carbocycles. The van der Waals surface area contributed by atoms with Crippen molar-refractivity contribution in [2.24, 2.45) is 0 Å². The molecular weight excluding hydrogens is 410 g/mol. The van der Waals surface area contributed by atoms with E-state index in [1.807, 2.05) is 42.5 Å². The standard InChI is InChI=1S/C25H27NO4S/c1-2-6-19-13-17-23(18-14-19)31(29,30)26-24-10-4-3-8-21(24)9-5-7-20-11-15-22(16-12-20)25(27)28/h3-4,8,10-18,26H,2,5-7,9H2,1H3,(H,27,28). The molecule has 0 heterocycles. The van der Waals surface area contributed by atoms with Crippen molar-refractivity contribution in [2.75, 3.05) is 4.72 Å². The fourth-order valence-corrected chi connectivity index (χ4v) is 4.56. The van der Waals surface area contributed by atoms with Crippen LogP contribution < -0.4 is 4.72 Å². The third-order valence-corrected chi connectivity index (χ3v) is 6.53. The molecule has 0 saturated carbocycles. The van der Waals surface area contributed by atoms with Crippen molar-refractivity contribution in [3.8, 4) is 0 Å². The summed E-state index contributed by atoms with van der Waals surface area (Å²) in [7, 11) is -3.66. The predicted molar refractivity (Wildman–Crippen MR) is 123 cm³/mol. The molecule has 0 atom stereocenters. The van der Waals surface area contributed by atoms with E-state index in [0.29, 0.717) is 12.1 Å². The highest BCUT2D eigenvalue weighted by molar-refractivity contribution is 7.92. The molecule has 0 radical (unpaired) electrons. The second-order valence-electron chi connectivity index (χ2n) is 7.51. The Kier molecular flexibility index (Phi) is 7.47. The van der Waals surface area contributed by atoms with E-state index < -0.39 is 16.0 Å². The molecule has 0 amide bonds. The van der Waals surface area contributed by atoms with Gasteiger partial charge in [-0.15, -0.1) is 0 Å². The van der Waals surface area contributed by atoms with Gasteiger partial charge in [0.2, 0.25) is 0 Å². The lowest BCUT2D eigenvalue weighted by Crippen LogP contribution is -2.14. The maximum absolute atomic E-state index is 12.8. The number of hydrogen-bond acceptors (Lipinski definition) is 3. The number of anilines is 1. The van der Waals surface area contributed by atoms with Crippen LogP contribution in [-0.2, 0) is 29.3 Å². The molecule has 0 aromatic heterocycles. The Hall–Kier alpha value is -3.12. The van der Waals surface area contributed by atoms with Gasteiger partial charge in [-0.25, -0.2) is 13.2 Å². The highest BCUT2D eigenvalue weighted by Crippen LogP contribution is 2.22. The molecule has 162 valence electrons. The van der Waals surface area contributed by atoms with Crippen LogP contribution in [0.3, 0.4) is 0 Å². The van der Waals surface area contributed by atoms with Crippen LogP contribution in [-0.4, -0.2) is 19.5 Å². The highest BCUT2D eigenvalue weighted by Gasteiger charge is 2.16. The zero-order chi connectivity index (χ0) is 22.3. The number of aryl methyl sites for hydroxylation is 3. The Morgan fingerprint density at radius 3 is 2.10 bits per heavy atom. The van der Waals surface area contributed by atoms with Crippen LogP contribution in [0, 0.1) is 0 Å². The summed E-state index contributed by atoms with van der Waals surface area (Å²) >= 11 is 0. The lowest BCUT2D eigenvalue weighted by atomic mass is 10.0. The van der Waals surface area contributed by atoms with Gasteiger partial charge in [-0.2, -0.15) is 0 Å². The summed E-state index contributed by atoms with van der Waals surface area (Å²) in [5.41, 5.74) is 3.96. The third kappa shape index (κ3) is 6.18. The maximum atomic E-state index is 12.8. The molecule has 0 saturated heterocycles. The Bertz CT molecular complexity index is 1120. The monoisotopic (exact) mass is 437 g/mol. The average Bonchev–Trinajstić information content (AvgIpc) is 2.76. The Labute approximate surface area is 183 Å². The number of sulfonamides is 1. The van der Waals surface area contributed by atoms with Gasteiger partial charge in [0, 0.05) is 0 Å². The van der Waals surface area contributed by atoms with Crippen molar-refractivity contribution in [2.45, 2.75) is 43.9 Å². The van der Waals surface area contributed by atoms with E-state index in [9.17, 15) is 13.2 Å². The van der Waals surface area contributed by atoms with Gasteiger partial charge >= 0.3 is 5.97 Å². The zero-order valence-electron chi connectivity index (χ0n) is 17.5. The normalized spacial score (nSPS) is 11.3. The molecule has 3 aromatic carbocycles. The summed E-state index contributed by atoms with van der Waals surface area (Å²) in [6.45, 7) is 2.09. The lowest BCUT2D eigenvalue weighted by molar-refractivity contribution is 0.0697. The summed E-state index contributed by atoms with van der Waals surface area (Å²) in [5.74, 6) is -0.937. The first-order chi connectivity index (χ1) is 14.9. The Morgan fingerprint density at radius 1 is 0.839 bits per heavy atom. The van der Waals surface area contributed by atoms with E-state index in [-0.39, 0.29) is 10.5 Å². The number of rotatable bonds is 10. The molecule has 0 bridgehead atoms. The van der Waals surface area contributed by atoms with Gasteiger partial charge in [0.25, 0.3) is 10.0 Å². The third-order valence-electron chi connectivity index (χ3n) is 5.15. The SMILES string of the molecule is CCCc1ccc(S(=O)(=O)Nc2ccccc2CCCc2ccc(C(=O)O)cc2)cc1. The first kappa shape index (κ1) is 22.6. The first-order valence-corrected chi connectivity index (χ1v) is 11.9. The minimum atomic E-state index is -3.66. The van der Waals surface area contributed by atoms with Crippen LogP contribution in [0.1, 0.15) is 46.8 Å². The van der Waals surface area contributed by atoms with Crippen LogP contribution in [0.15, 0.2) is 77.7 Å². The number of hydrogen-bond donors (Lipinski definition) is 2. The molecular formula is C25H27NO4S. The molecule has 3 aromatic rings. The highest BCUT2D eigenvalue weighted by atomic mass is 32.2. The van der Waals surface area contributed by atoms with Crippen molar-refractivity contribution >= 4 is 21.7 Å². The fraction of sp³-hybridized carbons (Fsp3) is 0.240. The van der Waals surface area contributed by atoms with E-state index in [1.165, 1.54) is 0 Å². The minimum absolute atomic E-state index is 0.251. The smallest absolute Gasteiger partial charge is 0.335 e. The summed E-state index contributed by atoms with van der Waals surface area (Å²) in [4.78, 5) is 11.2. The van der Waals surface area contributed by atoms with E-state index >= 15 is 0 Å². The molecule has 0 spiro atoms. The number of carbonyl (C=O) groups is 1. The molecule has 0 aliphatic rings. The molecule has 2 N–H and O–H groups in total. The second-order valence-corrected chi connectivity index (χ2v) is 9.19. The maximum Gasteiger partial charge on any atom is 0.335 e. The minimum Gasteiger partial charge on any atom is -0.478 e. The van der Waals surface area contributed by atoms with Crippen molar-refractivity contribution in [1.29, 1.82) is 0 Å². The van der Waals surface area contributed by atoms with Crippen LogP contribution in [0.4, 0.5) is 5.69 Å². The molecule has 0 fully saturated rings. The Balaban J connectivity index is 1.66. The van der Waals surface area contributed by atoms with Gasteiger partial charge in [-0.05, 0) is 72.7 Å². The number of carboxylic acid groups (broad SMARTS) is 1. The number of carboxylic acids is 1. The summed E-state index contributed by atoms with van der Waals surface area (Å²) in [5, 5.41) is 8.99. The number of benzene rings is 3. The summed E-state index contributed by atoms with van der Waals surface area (Å²) in [6, 6.07) is 21.3. The average molecular weight is 438 g/mol. The van der Waals surface area contributed by atoms with Crippen molar-refractivity contribution in [3.63, 3.8) is 0 Å². The molecule has 0 unspecified atom stereocenters. The molecule has 5 nitrogen and oxygen atoms in total. The molecule has 31 heavy (non-hydrogen) atoms. The van der Waals surface area contributed by atoms with Crippen LogP contribution >= 0.6 is 0 Å². The van der Waals surface area contributed by atoms with Gasteiger partial charge in [0.1, 0.15) is 0 Å². The van der Waals surface area contributed by atoms with E-state index in [1.54, 1.807) is 30.3 Å². The topological polar surface area (TPSA) is 83.5 Å². The van der Waals surface area contributed by atoms with E-state index in [2.05, 4.69) is 11.6 Å². The second kappa shape index (κ2) is 10.3. The van der Waals surface area contributed by atoms with Crippen LogP contribution in [0.5, 0.6) is 0 Å². The number of aromatic carboxylic acids is 1. The van der Waals surface area contributed by atoms with E-state index in [4.69, 9.17) is 5.11 Å². The Morgan fingerprint density at radius 2 is 1.45 bits per heavy atom. The van der Waals surface area contributed by atoms with Gasteiger partial charge in [-0.1, -0.05) is 55.8 Å². The van der Waals surface area contributed by atoms with Gasteiger partial charge < -0.3 is 5.11 Å². The van der Waals surface area contributed by atoms with Crippen molar-refractivity contribution in [1.82, 2.24) is 0 Å². The first-order valence-electron chi connectivity index (χ1n) is 10.4. The summed E-state index contributed by atoms with van der Waals surface area (Å²) in [6.07, 6.45) is 4.24. The van der Waals surface area contributed by atoms with Crippen LogP contribution in [0.25, 0.3) is 0 Å². The zero-order valence-corrected chi connectivity index (χ0v) is 18.4. The van der Waals surface area contributed by atoms with E-state index in [0.717, 1.165) is 42.4 Å². The van der Waals surface area contributed by atoms with Crippen molar-refractivity contribution in [3.05, 3.63) is 95.1 Å². The predicted octanol–water partition coefficient (Wildman–Crippen LogP) is 5.31. The van der Waals surface area contributed by atoms with Gasteiger partial charge in [0.15, 0.2) is 0 Å². The quantitative estimate of drug-likeness (QED) is 0.450. The number of para-hydroxylation sites is 1. The molecule has 3 rings (SSSR count). The molecule has 0 aliphatic heterocycles. The fourth-order valence-electron chi connectivity index (χ4n) is 3.46.